The summed E-state index contributed by atoms with van der Waals surface area (Å²) in [4.78, 5) is 15.0. The molecule has 0 fully saturated rings. The van der Waals surface area contributed by atoms with Crippen molar-refractivity contribution < 1.29 is 9.47 Å². The quantitative estimate of drug-likeness (QED) is 0.753. The second-order valence-corrected chi connectivity index (χ2v) is 7.04. The van der Waals surface area contributed by atoms with Crippen molar-refractivity contribution >= 4 is 0 Å². The highest BCUT2D eigenvalue weighted by molar-refractivity contribution is 5.47. The van der Waals surface area contributed by atoms with Gasteiger partial charge in [-0.2, -0.15) is 0 Å². The Morgan fingerprint density at radius 3 is 3.07 bits per heavy atom. The topological polar surface area (TPSA) is 68.2 Å². The van der Waals surface area contributed by atoms with Gasteiger partial charge in [0.25, 0.3) is 0 Å². The van der Waals surface area contributed by atoms with Crippen molar-refractivity contribution in [2.24, 2.45) is 0 Å². The fraction of sp³-hybridized carbons (Fsp3) is 0.400. The number of nitrogens with one attached hydrogen (secondary N) is 1. The molecule has 2 aliphatic rings. The summed E-state index contributed by atoms with van der Waals surface area (Å²) in [5, 5.41) is 0. The molecule has 2 aromatic heterocycles. The number of aryl methyl sites for hydroxylation is 1. The molecule has 1 N–H and O–H groups in total. The molecule has 27 heavy (non-hydrogen) atoms. The van der Waals surface area contributed by atoms with Crippen molar-refractivity contribution in [3.05, 3.63) is 59.7 Å². The van der Waals surface area contributed by atoms with Gasteiger partial charge in [-0.05, 0) is 24.1 Å². The highest BCUT2D eigenvalue weighted by atomic mass is 16.7. The highest BCUT2D eigenvalue weighted by Gasteiger charge is 2.32. The van der Waals surface area contributed by atoms with E-state index in [1.807, 2.05) is 12.3 Å². The molecule has 0 radical (unpaired) electrons. The van der Waals surface area contributed by atoms with E-state index in [1.54, 1.807) is 6.33 Å². The number of benzene rings is 1. The molecule has 4 heterocycles. The van der Waals surface area contributed by atoms with Crippen LogP contribution in [0.25, 0.3) is 0 Å². The Bertz CT molecular complexity index is 948. The van der Waals surface area contributed by atoms with Gasteiger partial charge in [-0.1, -0.05) is 13.0 Å². The zero-order valence-corrected chi connectivity index (χ0v) is 15.4. The first-order valence-corrected chi connectivity index (χ1v) is 9.49. The molecule has 2 aliphatic heterocycles. The average Bonchev–Trinajstić information content (AvgIpc) is 3.42. The summed E-state index contributed by atoms with van der Waals surface area (Å²) in [7, 11) is 0. The molecule has 1 atom stereocenters. The van der Waals surface area contributed by atoms with Crippen molar-refractivity contribution in [1.82, 2.24) is 24.4 Å². The predicted octanol–water partition coefficient (Wildman–Crippen LogP) is 2.89. The van der Waals surface area contributed by atoms with Gasteiger partial charge >= 0.3 is 0 Å². The fourth-order valence-electron chi connectivity index (χ4n) is 4.06. The molecule has 1 unspecified atom stereocenters. The zero-order chi connectivity index (χ0) is 18.2. The normalized spacial score (nSPS) is 18.6. The maximum Gasteiger partial charge on any atom is 0.231 e. The second-order valence-electron chi connectivity index (χ2n) is 7.04. The van der Waals surface area contributed by atoms with Gasteiger partial charge in [0.1, 0.15) is 5.82 Å². The van der Waals surface area contributed by atoms with E-state index in [-0.39, 0.29) is 12.8 Å². The number of hydrogen-bond acceptors (Lipinski definition) is 5. The van der Waals surface area contributed by atoms with Crippen LogP contribution in [0.1, 0.15) is 42.2 Å². The van der Waals surface area contributed by atoms with Crippen molar-refractivity contribution in [2.45, 2.75) is 38.9 Å². The van der Waals surface area contributed by atoms with Crippen LogP contribution in [0.4, 0.5) is 0 Å². The molecule has 140 valence electrons. The average molecular weight is 365 g/mol. The number of aromatic nitrogens is 4. The van der Waals surface area contributed by atoms with Crippen molar-refractivity contribution in [2.75, 3.05) is 13.3 Å². The largest absolute Gasteiger partial charge is 0.454 e. The Balaban J connectivity index is 1.51. The van der Waals surface area contributed by atoms with Gasteiger partial charge in [-0.3, -0.25) is 4.90 Å². The first-order valence-electron chi connectivity index (χ1n) is 9.49. The minimum atomic E-state index is 0.0706. The predicted molar refractivity (Wildman–Crippen MR) is 99.6 cm³/mol. The number of imidazole rings is 2. The van der Waals surface area contributed by atoms with E-state index in [2.05, 4.69) is 49.7 Å². The van der Waals surface area contributed by atoms with E-state index in [1.165, 1.54) is 11.3 Å². The van der Waals surface area contributed by atoms with Crippen LogP contribution in [-0.2, 0) is 19.5 Å². The lowest BCUT2D eigenvalue weighted by Crippen LogP contribution is -2.36. The monoisotopic (exact) mass is 365 g/mol. The van der Waals surface area contributed by atoms with Crippen LogP contribution >= 0.6 is 0 Å². The molecule has 0 saturated carbocycles. The van der Waals surface area contributed by atoms with E-state index in [0.717, 1.165) is 55.5 Å². The third-order valence-electron chi connectivity index (χ3n) is 5.35. The maximum absolute atomic E-state index is 5.61. The van der Waals surface area contributed by atoms with Gasteiger partial charge in [-0.25, -0.2) is 9.97 Å². The summed E-state index contributed by atoms with van der Waals surface area (Å²) in [6.45, 7) is 5.21. The molecule has 3 aromatic rings. The highest BCUT2D eigenvalue weighted by Crippen LogP contribution is 2.39. The summed E-state index contributed by atoms with van der Waals surface area (Å²) in [5.74, 6) is 2.71. The summed E-state index contributed by atoms with van der Waals surface area (Å²) < 4.78 is 13.3. The molecular weight excluding hydrogens is 342 g/mol. The summed E-state index contributed by atoms with van der Waals surface area (Å²) in [5.41, 5.74) is 3.47. The van der Waals surface area contributed by atoms with Crippen LogP contribution in [-0.4, -0.2) is 37.8 Å². The summed E-state index contributed by atoms with van der Waals surface area (Å²) in [6.07, 6.45) is 7.82. The molecule has 0 saturated heterocycles. The van der Waals surface area contributed by atoms with E-state index >= 15 is 0 Å². The maximum atomic E-state index is 5.61. The Morgan fingerprint density at radius 1 is 1.22 bits per heavy atom. The molecule has 1 aromatic carbocycles. The first-order chi connectivity index (χ1) is 13.3. The van der Waals surface area contributed by atoms with Crippen LogP contribution in [0, 0.1) is 0 Å². The third-order valence-corrected chi connectivity index (χ3v) is 5.35. The van der Waals surface area contributed by atoms with Crippen LogP contribution in [0.15, 0.2) is 36.9 Å². The number of nitrogens with zero attached hydrogens (tertiary/aromatic N) is 4. The number of rotatable bonds is 5. The van der Waals surface area contributed by atoms with Gasteiger partial charge in [0.15, 0.2) is 11.5 Å². The number of H-pyrrole nitrogens is 1. The molecule has 5 rings (SSSR count). The first kappa shape index (κ1) is 16.4. The number of hydrogen-bond donors (Lipinski definition) is 1. The van der Waals surface area contributed by atoms with E-state index in [9.17, 15) is 0 Å². The molecule has 0 aliphatic carbocycles. The SMILES string of the molecule is CCCn1ccnc1CN1CCc2[nH]cnc2C1c1ccc2c(c1)OCO2. The summed E-state index contributed by atoms with van der Waals surface area (Å²) >= 11 is 0. The van der Waals surface area contributed by atoms with Crippen LogP contribution in [0.2, 0.25) is 0 Å². The van der Waals surface area contributed by atoms with Gasteiger partial charge in [0.2, 0.25) is 6.79 Å². The lowest BCUT2D eigenvalue weighted by molar-refractivity contribution is 0.173. The minimum Gasteiger partial charge on any atom is -0.454 e. The molecule has 0 amide bonds. The van der Waals surface area contributed by atoms with E-state index in [4.69, 9.17) is 9.47 Å². The number of aromatic amines is 1. The van der Waals surface area contributed by atoms with Crippen LogP contribution in [0.3, 0.4) is 0 Å². The van der Waals surface area contributed by atoms with Crippen LogP contribution in [0.5, 0.6) is 11.5 Å². The Kier molecular flexibility index (Phi) is 4.09. The Labute approximate surface area is 158 Å². The van der Waals surface area contributed by atoms with E-state index < -0.39 is 0 Å². The van der Waals surface area contributed by atoms with Gasteiger partial charge < -0.3 is 19.0 Å². The van der Waals surface area contributed by atoms with Crippen molar-refractivity contribution in [3.8, 4) is 11.5 Å². The molecule has 0 bridgehead atoms. The van der Waals surface area contributed by atoms with E-state index in [0.29, 0.717) is 0 Å². The Morgan fingerprint density at radius 2 is 2.15 bits per heavy atom. The fourth-order valence-corrected chi connectivity index (χ4v) is 4.06. The Hall–Kier alpha value is -2.80. The van der Waals surface area contributed by atoms with Gasteiger partial charge in [0.05, 0.1) is 24.6 Å². The molecule has 7 heteroatoms. The van der Waals surface area contributed by atoms with Gasteiger partial charge in [0, 0.05) is 37.6 Å². The molecule has 0 spiro atoms. The van der Waals surface area contributed by atoms with Crippen molar-refractivity contribution in [1.29, 1.82) is 0 Å². The number of ether oxygens (including phenoxy) is 2. The second kappa shape index (κ2) is 6.74. The number of fused-ring (bicyclic) bond motifs is 2. The zero-order valence-electron chi connectivity index (χ0n) is 15.4. The standard InChI is InChI=1S/C20H23N5O2/c1-2-7-24-9-6-21-18(24)11-25-8-5-15-19(23-12-22-15)20(25)14-3-4-16-17(10-14)27-13-26-16/h3-4,6,9-10,12,20H,2,5,7-8,11,13H2,1H3,(H,22,23). The van der Waals surface area contributed by atoms with Crippen LogP contribution < -0.4 is 9.47 Å². The lowest BCUT2D eigenvalue weighted by atomic mass is 9.95. The third kappa shape index (κ3) is 2.88. The molecule has 7 nitrogen and oxygen atoms in total. The molecular formula is C20H23N5O2. The lowest BCUT2D eigenvalue weighted by Gasteiger charge is -2.35. The van der Waals surface area contributed by atoms with Gasteiger partial charge in [-0.15, -0.1) is 0 Å². The summed E-state index contributed by atoms with van der Waals surface area (Å²) in [6, 6.07) is 6.27. The van der Waals surface area contributed by atoms with Crippen molar-refractivity contribution in [3.63, 3.8) is 0 Å². The minimum absolute atomic E-state index is 0.0706. The smallest absolute Gasteiger partial charge is 0.231 e.